The minimum absolute atomic E-state index is 0.762. The summed E-state index contributed by atoms with van der Waals surface area (Å²) >= 11 is 0. The van der Waals surface area contributed by atoms with Gasteiger partial charge in [-0.3, -0.25) is 15.0 Å². The smallest absolute Gasteiger partial charge is 0.227 e. The molecule has 1 aromatic rings. The van der Waals surface area contributed by atoms with E-state index in [2.05, 4.69) is 0 Å². The second-order valence-corrected chi connectivity index (χ2v) is 2.88. The zero-order chi connectivity index (χ0) is 9.30. The van der Waals surface area contributed by atoms with Crippen molar-refractivity contribution < 1.29 is 8.42 Å². The van der Waals surface area contributed by atoms with Gasteiger partial charge in [0.05, 0.1) is 0 Å². The van der Waals surface area contributed by atoms with E-state index in [0.29, 0.717) is 0 Å². The van der Waals surface area contributed by atoms with E-state index in [4.69, 9.17) is 5.41 Å². The van der Waals surface area contributed by atoms with Gasteiger partial charge in [0.25, 0.3) is 0 Å². The maximum absolute atomic E-state index is 10.8. The van der Waals surface area contributed by atoms with Crippen LogP contribution in [0, 0.1) is 9.92 Å². The molecule has 0 aliphatic carbocycles. The topological polar surface area (TPSA) is 92.1 Å². The molecule has 12 heavy (non-hydrogen) atoms. The first kappa shape index (κ1) is 8.54. The zero-order valence-electron chi connectivity index (χ0n) is 5.70. The Kier molecular flexibility index (Phi) is 2.01. The van der Waals surface area contributed by atoms with E-state index < -0.39 is 31.0 Å². The van der Waals surface area contributed by atoms with Gasteiger partial charge in [0.2, 0.25) is 21.2 Å². The monoisotopic (exact) mass is 185 g/mol. The van der Waals surface area contributed by atoms with Crippen LogP contribution in [-0.4, -0.2) is 8.42 Å². The Morgan fingerprint density at radius 2 is 1.58 bits per heavy atom. The highest BCUT2D eigenvalue weighted by Gasteiger charge is 1.97. The Bertz CT molecular complexity index is 611. The van der Waals surface area contributed by atoms with Gasteiger partial charge in [0.15, 0.2) is 4.51 Å². The summed E-state index contributed by atoms with van der Waals surface area (Å²) in [7, 11) is -2.81. The molecule has 62 valence electrons. The Balaban J connectivity index is 4.41. The van der Waals surface area contributed by atoms with Crippen molar-refractivity contribution in [3.05, 3.63) is 42.4 Å². The van der Waals surface area contributed by atoms with Gasteiger partial charge in [-0.05, 0) is 12.1 Å². The van der Waals surface area contributed by atoms with E-state index in [1.165, 1.54) is 0 Å². The lowest BCUT2D eigenvalue weighted by Gasteiger charge is -1.76. The second-order valence-electron chi connectivity index (χ2n) is 2.00. The highest BCUT2D eigenvalue weighted by atomic mass is 32.2. The summed E-state index contributed by atoms with van der Waals surface area (Å²) in [6, 6.07) is 1.71. The SMILES string of the molecule is N=c1c(=O)ccc(=O)c1=S(=O)=O. The predicted molar refractivity (Wildman–Crippen MR) is 39.4 cm³/mol. The molecule has 5 nitrogen and oxygen atoms in total. The van der Waals surface area contributed by atoms with E-state index in [1.807, 2.05) is 0 Å². The number of benzene rings is 1. The highest BCUT2D eigenvalue weighted by Crippen LogP contribution is 1.62. The molecule has 0 aliphatic heterocycles. The molecule has 0 radical (unpaired) electrons. The van der Waals surface area contributed by atoms with Crippen LogP contribution in [0.25, 0.3) is 0 Å². The van der Waals surface area contributed by atoms with Crippen molar-refractivity contribution in [3.63, 3.8) is 0 Å². The van der Waals surface area contributed by atoms with Gasteiger partial charge >= 0.3 is 0 Å². The minimum Gasteiger partial charge on any atom is -0.295 e. The summed E-state index contributed by atoms with van der Waals surface area (Å²) in [5.41, 5.74) is -1.60. The molecule has 0 unspecified atom stereocenters. The molecule has 0 aliphatic rings. The van der Waals surface area contributed by atoms with E-state index in [9.17, 15) is 18.0 Å². The van der Waals surface area contributed by atoms with E-state index in [-0.39, 0.29) is 0 Å². The summed E-state index contributed by atoms with van der Waals surface area (Å²) in [5, 5.41) is 6.19. The maximum Gasteiger partial charge on any atom is 0.227 e. The Hall–Kier alpha value is -1.56. The third-order valence-electron chi connectivity index (χ3n) is 1.25. The van der Waals surface area contributed by atoms with Crippen LogP contribution in [0.15, 0.2) is 21.7 Å². The fourth-order valence-electron chi connectivity index (χ4n) is 0.711. The standard InChI is InChI=1S/C6H3NO4S/c7-5-3(8)1-2-4(9)6(5)12(10)11/h1-2,7H. The normalized spacial score (nSPS) is 9.67. The largest absolute Gasteiger partial charge is 0.295 e. The summed E-state index contributed by atoms with van der Waals surface area (Å²) in [5.74, 6) is 0. The summed E-state index contributed by atoms with van der Waals surface area (Å²) in [6.45, 7) is 0. The van der Waals surface area contributed by atoms with E-state index >= 15 is 0 Å². The minimum atomic E-state index is -2.81. The molecular weight excluding hydrogens is 182 g/mol. The van der Waals surface area contributed by atoms with Crippen LogP contribution in [0.1, 0.15) is 0 Å². The van der Waals surface area contributed by atoms with Crippen LogP contribution in [-0.2, 0) is 10.3 Å². The zero-order valence-corrected chi connectivity index (χ0v) is 6.51. The lowest BCUT2D eigenvalue weighted by Crippen LogP contribution is -2.29. The fraction of sp³-hybridized carbons (Fsp3) is 0. The van der Waals surface area contributed by atoms with Gasteiger partial charge in [0, 0.05) is 0 Å². The van der Waals surface area contributed by atoms with Crippen LogP contribution >= 0.6 is 0 Å². The van der Waals surface area contributed by atoms with Crippen LogP contribution in [0.2, 0.25) is 0 Å². The molecule has 0 fully saturated rings. The Morgan fingerprint density at radius 1 is 1.08 bits per heavy atom. The van der Waals surface area contributed by atoms with Crippen molar-refractivity contribution in [1.82, 2.24) is 0 Å². The quantitative estimate of drug-likeness (QED) is 0.481. The van der Waals surface area contributed by atoms with Gasteiger partial charge in [-0.1, -0.05) is 0 Å². The van der Waals surface area contributed by atoms with Crippen molar-refractivity contribution in [2.24, 2.45) is 0 Å². The first-order chi connectivity index (χ1) is 5.54. The maximum atomic E-state index is 10.8. The third kappa shape index (κ3) is 1.24. The number of rotatable bonds is 0. The molecule has 0 saturated heterocycles. The molecule has 1 rings (SSSR count). The molecule has 1 aromatic carbocycles. The second kappa shape index (κ2) is 2.82. The first-order valence-electron chi connectivity index (χ1n) is 2.86. The summed E-state index contributed by atoms with van der Waals surface area (Å²) in [4.78, 5) is 21.5. The Labute approximate surface area is 67.3 Å². The summed E-state index contributed by atoms with van der Waals surface area (Å²) in [6.07, 6.45) is 0. The van der Waals surface area contributed by atoms with Crippen LogP contribution < -0.4 is 16.2 Å². The van der Waals surface area contributed by atoms with Gasteiger partial charge in [0.1, 0.15) is 5.36 Å². The molecule has 1 N–H and O–H groups in total. The molecule has 6 heteroatoms. The average Bonchev–Trinajstić information content (AvgIpc) is 1.97. The van der Waals surface area contributed by atoms with Crippen molar-refractivity contribution in [3.8, 4) is 0 Å². The first-order valence-corrected chi connectivity index (χ1v) is 3.93. The average molecular weight is 185 g/mol. The van der Waals surface area contributed by atoms with Crippen molar-refractivity contribution in [2.75, 3.05) is 0 Å². The van der Waals surface area contributed by atoms with Crippen LogP contribution in [0.4, 0.5) is 0 Å². The molecule has 0 heterocycles. The fourth-order valence-corrected chi connectivity index (χ4v) is 1.21. The molecule has 0 bridgehead atoms. The Morgan fingerprint density at radius 3 is 2.00 bits per heavy atom. The number of hydrogen-bond donors (Lipinski definition) is 1. The van der Waals surface area contributed by atoms with Crippen LogP contribution in [0.3, 0.4) is 0 Å². The number of hydrogen-bond acceptors (Lipinski definition) is 5. The third-order valence-corrected chi connectivity index (χ3v) is 1.99. The van der Waals surface area contributed by atoms with Crippen LogP contribution in [0.5, 0.6) is 0 Å². The molecule has 0 amide bonds. The highest BCUT2D eigenvalue weighted by molar-refractivity contribution is 7.63. The molecule has 0 aromatic heterocycles. The van der Waals surface area contributed by atoms with Crippen molar-refractivity contribution in [1.29, 1.82) is 5.41 Å². The van der Waals surface area contributed by atoms with Gasteiger partial charge in [-0.2, -0.15) is 8.42 Å². The molecular formula is C6H3NO4S. The molecule has 0 saturated carbocycles. The van der Waals surface area contributed by atoms with Gasteiger partial charge in [-0.15, -0.1) is 0 Å². The van der Waals surface area contributed by atoms with Crippen molar-refractivity contribution in [2.45, 2.75) is 0 Å². The molecule has 0 spiro atoms. The van der Waals surface area contributed by atoms with E-state index in [1.54, 1.807) is 0 Å². The lowest BCUT2D eigenvalue weighted by atomic mass is 10.3. The lowest BCUT2D eigenvalue weighted by molar-refractivity contribution is 0.624. The van der Waals surface area contributed by atoms with E-state index in [0.717, 1.165) is 12.1 Å². The summed E-state index contributed by atoms with van der Waals surface area (Å²) < 4.78 is 19.9. The molecule has 0 atom stereocenters. The number of nitrogens with one attached hydrogen (secondary N) is 1. The van der Waals surface area contributed by atoms with Crippen molar-refractivity contribution >= 4 is 10.3 Å². The van der Waals surface area contributed by atoms with Gasteiger partial charge in [-0.25, -0.2) is 0 Å². The van der Waals surface area contributed by atoms with Gasteiger partial charge < -0.3 is 0 Å². The predicted octanol–water partition coefficient (Wildman–Crippen LogP) is -1.83.